The van der Waals surface area contributed by atoms with Crippen LogP contribution in [0.4, 0.5) is 0 Å². The lowest BCUT2D eigenvalue weighted by Gasteiger charge is -2.55. The van der Waals surface area contributed by atoms with Crippen molar-refractivity contribution >= 4 is 22.4 Å². The van der Waals surface area contributed by atoms with Gasteiger partial charge in [0, 0.05) is 18.3 Å². The number of hydrogen-bond acceptors (Lipinski definition) is 5. The summed E-state index contributed by atoms with van der Waals surface area (Å²) in [4.78, 5) is 14.3. The van der Waals surface area contributed by atoms with Crippen LogP contribution >= 0.6 is 0 Å². The van der Waals surface area contributed by atoms with E-state index in [1.807, 2.05) is 6.92 Å². The van der Waals surface area contributed by atoms with E-state index in [1.54, 1.807) is 13.0 Å². The number of aliphatic hydroxyl groups is 2. The SMILES string of the molecule is C[C@@H]1C(=O)[C@]2(O)C[C@](C)(O)C=C2[C@]2(O[Si](C)(C)C)[C@@H]([C@@H]1O[Si](C)(C)C(C)(C)C)[C@H]1[C@@H](C[C@H]2C)C1(C)C. The molecule has 5 nitrogen and oxygen atoms in total. The third-order valence-electron chi connectivity index (χ3n) is 10.7. The average Bonchev–Trinajstić information content (AvgIpc) is 3.08. The van der Waals surface area contributed by atoms with Crippen molar-refractivity contribution in [2.75, 3.05) is 0 Å². The van der Waals surface area contributed by atoms with Gasteiger partial charge in [-0.25, -0.2) is 0 Å². The molecule has 0 amide bonds. The van der Waals surface area contributed by atoms with Gasteiger partial charge in [0.05, 0.1) is 17.3 Å². The van der Waals surface area contributed by atoms with E-state index in [0.29, 0.717) is 17.4 Å². The Kier molecular flexibility index (Phi) is 6.28. The van der Waals surface area contributed by atoms with Crippen LogP contribution in [0.15, 0.2) is 11.6 Å². The van der Waals surface area contributed by atoms with Crippen LogP contribution < -0.4 is 0 Å². The largest absolute Gasteiger partial charge is 0.413 e. The number of hydrogen-bond donors (Lipinski definition) is 2. The monoisotopic (exact) mass is 536 g/mol. The summed E-state index contributed by atoms with van der Waals surface area (Å²) in [7, 11) is -4.45. The molecule has 4 rings (SSSR count). The van der Waals surface area contributed by atoms with E-state index in [-0.39, 0.29) is 40.6 Å². The van der Waals surface area contributed by atoms with Gasteiger partial charge in [-0.3, -0.25) is 4.79 Å². The predicted octanol–water partition coefficient (Wildman–Crippen LogP) is 5.93. The molecule has 4 aliphatic rings. The van der Waals surface area contributed by atoms with Crippen molar-refractivity contribution in [3.05, 3.63) is 11.6 Å². The molecule has 0 aromatic carbocycles. The second-order valence-electron chi connectivity index (χ2n) is 16.1. The summed E-state index contributed by atoms with van der Waals surface area (Å²) in [5.74, 6) is 0.190. The smallest absolute Gasteiger partial charge is 0.192 e. The van der Waals surface area contributed by atoms with Crippen molar-refractivity contribution in [1.29, 1.82) is 0 Å². The van der Waals surface area contributed by atoms with Crippen LogP contribution in [0.1, 0.15) is 68.2 Å². The second kappa shape index (κ2) is 7.88. The zero-order valence-electron chi connectivity index (χ0n) is 25.1. The number of fused-ring (bicyclic) bond motifs is 5. The molecule has 0 unspecified atom stereocenters. The first kappa shape index (κ1) is 28.7. The van der Waals surface area contributed by atoms with Gasteiger partial charge >= 0.3 is 0 Å². The molecule has 0 saturated heterocycles. The molecule has 0 aromatic rings. The van der Waals surface area contributed by atoms with Gasteiger partial charge in [0.2, 0.25) is 0 Å². The van der Waals surface area contributed by atoms with Gasteiger partial charge in [-0.2, -0.15) is 0 Å². The maximum Gasteiger partial charge on any atom is 0.192 e. The van der Waals surface area contributed by atoms with Crippen molar-refractivity contribution < 1.29 is 23.9 Å². The Morgan fingerprint density at radius 1 is 1.00 bits per heavy atom. The van der Waals surface area contributed by atoms with E-state index < -0.39 is 39.4 Å². The minimum absolute atomic E-state index is 0.0148. The van der Waals surface area contributed by atoms with E-state index in [1.165, 1.54) is 0 Å². The maximum atomic E-state index is 14.3. The van der Waals surface area contributed by atoms with E-state index >= 15 is 0 Å². The molecule has 2 N–H and O–H groups in total. The number of carbonyl (C=O) groups excluding carboxylic acids is 1. The molecule has 0 spiro atoms. The summed E-state index contributed by atoms with van der Waals surface area (Å²) >= 11 is 0. The first-order chi connectivity index (χ1) is 15.9. The number of ketones is 1. The summed E-state index contributed by atoms with van der Waals surface area (Å²) in [5.41, 5.74) is -3.11. The Morgan fingerprint density at radius 2 is 1.56 bits per heavy atom. The normalized spacial score (nSPS) is 46.4. The fraction of sp³-hybridized carbons (Fsp3) is 0.897. The minimum atomic E-state index is -2.27. The number of rotatable bonds is 4. The standard InChI is InChI=1S/C29H52O5Si2/c1-17-14-19-21(26(19,6)7)22-23(33-36(12,13)25(3,4)5)18(2)24(30)28(32)16-27(8,31)15-20(28)29(17,22)34-35(9,10)11/h15,17-19,21-23,31-32H,14,16H2,1-13H3/t17-,18+,19-,21-,22-,23-,27-,28+,29+/m1/s1. The first-order valence-corrected chi connectivity index (χ1v) is 20.3. The van der Waals surface area contributed by atoms with Gasteiger partial charge in [0.25, 0.3) is 0 Å². The molecule has 0 bridgehead atoms. The molecule has 3 fully saturated rings. The van der Waals surface area contributed by atoms with Crippen LogP contribution in [0.2, 0.25) is 37.8 Å². The Hall–Kier alpha value is -0.316. The predicted molar refractivity (Wildman–Crippen MR) is 150 cm³/mol. The van der Waals surface area contributed by atoms with Crippen molar-refractivity contribution in [1.82, 2.24) is 0 Å². The number of carbonyl (C=O) groups is 1. The zero-order chi connectivity index (χ0) is 27.7. The Morgan fingerprint density at radius 3 is 2.06 bits per heavy atom. The lowest BCUT2D eigenvalue weighted by atomic mass is 9.62. The van der Waals surface area contributed by atoms with E-state index in [0.717, 1.165) is 6.42 Å². The Bertz CT molecular complexity index is 971. The topological polar surface area (TPSA) is 76.0 Å². The molecule has 3 saturated carbocycles. The van der Waals surface area contributed by atoms with Gasteiger partial charge < -0.3 is 19.1 Å². The molecule has 0 radical (unpaired) electrons. The van der Waals surface area contributed by atoms with Crippen molar-refractivity contribution in [2.45, 2.75) is 129 Å². The number of Topliss-reactive ketones (excluding diaryl/α,β-unsaturated/α-hetero) is 1. The summed E-state index contributed by atoms with van der Waals surface area (Å²) in [5, 5.41) is 23.5. The first-order valence-electron chi connectivity index (χ1n) is 14.0. The van der Waals surface area contributed by atoms with Gasteiger partial charge in [-0.1, -0.05) is 48.5 Å². The average molecular weight is 537 g/mol. The van der Waals surface area contributed by atoms with Crippen LogP contribution in [-0.4, -0.2) is 55.5 Å². The molecule has 4 aliphatic carbocycles. The van der Waals surface area contributed by atoms with Crippen LogP contribution in [-0.2, 0) is 13.6 Å². The highest BCUT2D eigenvalue weighted by Crippen LogP contribution is 2.75. The molecule has 0 heterocycles. The van der Waals surface area contributed by atoms with Crippen LogP contribution in [0.3, 0.4) is 0 Å². The summed E-state index contributed by atoms with van der Waals surface area (Å²) < 4.78 is 14.6. The highest BCUT2D eigenvalue weighted by Gasteiger charge is 2.77. The fourth-order valence-corrected chi connectivity index (χ4v) is 10.8. The highest BCUT2D eigenvalue weighted by molar-refractivity contribution is 6.74. The Balaban J connectivity index is 2.04. The molecule has 0 aromatic heterocycles. The lowest BCUT2D eigenvalue weighted by molar-refractivity contribution is -0.142. The quantitative estimate of drug-likeness (QED) is 0.344. The van der Waals surface area contributed by atoms with Gasteiger partial charge in [-0.15, -0.1) is 0 Å². The molecular formula is C29H52O5Si2. The summed E-state index contributed by atoms with van der Waals surface area (Å²) in [6, 6.07) is 0. The third kappa shape index (κ3) is 4.01. The highest BCUT2D eigenvalue weighted by atomic mass is 28.4. The molecule has 36 heavy (non-hydrogen) atoms. The fourth-order valence-electron chi connectivity index (χ4n) is 8.00. The second-order valence-corrected chi connectivity index (χ2v) is 25.3. The van der Waals surface area contributed by atoms with Crippen molar-refractivity contribution in [3.63, 3.8) is 0 Å². The molecular weight excluding hydrogens is 484 g/mol. The lowest BCUT2D eigenvalue weighted by Crippen LogP contribution is -2.62. The van der Waals surface area contributed by atoms with E-state index in [4.69, 9.17) is 8.85 Å². The van der Waals surface area contributed by atoms with Crippen molar-refractivity contribution in [2.24, 2.45) is 35.0 Å². The van der Waals surface area contributed by atoms with Crippen LogP contribution in [0.5, 0.6) is 0 Å². The van der Waals surface area contributed by atoms with E-state index in [9.17, 15) is 15.0 Å². The van der Waals surface area contributed by atoms with Gasteiger partial charge in [0.15, 0.2) is 22.4 Å². The molecule has 206 valence electrons. The zero-order valence-corrected chi connectivity index (χ0v) is 27.1. The minimum Gasteiger partial charge on any atom is -0.413 e. The Labute approximate surface area is 221 Å². The van der Waals surface area contributed by atoms with Crippen LogP contribution in [0.25, 0.3) is 0 Å². The van der Waals surface area contributed by atoms with Gasteiger partial charge in [-0.05, 0) is 85.9 Å². The molecule has 7 heteroatoms. The maximum absolute atomic E-state index is 14.3. The third-order valence-corrected chi connectivity index (χ3v) is 16.1. The van der Waals surface area contributed by atoms with E-state index in [2.05, 4.69) is 74.3 Å². The summed E-state index contributed by atoms with van der Waals surface area (Å²) in [6.45, 7) is 28.5. The summed E-state index contributed by atoms with van der Waals surface area (Å²) in [6.07, 6.45) is 2.43. The molecule has 0 aliphatic heterocycles. The van der Waals surface area contributed by atoms with Gasteiger partial charge in [0.1, 0.15) is 5.60 Å². The van der Waals surface area contributed by atoms with Crippen molar-refractivity contribution in [3.8, 4) is 0 Å². The van der Waals surface area contributed by atoms with Crippen LogP contribution in [0, 0.1) is 35.0 Å². The molecule has 9 atom stereocenters.